The van der Waals surface area contributed by atoms with Gasteiger partial charge in [-0.05, 0) is 36.2 Å². The van der Waals surface area contributed by atoms with E-state index in [1.54, 1.807) is 0 Å². The molecule has 1 rings (SSSR count). The molecule has 0 aliphatic heterocycles. The van der Waals surface area contributed by atoms with Gasteiger partial charge in [0.2, 0.25) is 0 Å². The van der Waals surface area contributed by atoms with Gasteiger partial charge in [-0.2, -0.15) is 18.3 Å². The molecule has 0 amide bonds. The fraction of sp³-hybridized carbons (Fsp3) is 0.636. The highest BCUT2D eigenvalue weighted by molar-refractivity contribution is 9.10. The molecule has 0 atom stereocenters. The number of anilines is 1. The summed E-state index contributed by atoms with van der Waals surface area (Å²) >= 11 is 3.02. The van der Waals surface area contributed by atoms with Gasteiger partial charge in [0.25, 0.3) is 5.56 Å². The van der Waals surface area contributed by atoms with Crippen molar-refractivity contribution in [3.8, 4) is 0 Å². The minimum absolute atomic E-state index is 0.0493. The van der Waals surface area contributed by atoms with Gasteiger partial charge in [-0.15, -0.1) is 0 Å². The molecular weight excluding hydrogens is 327 g/mol. The molecule has 19 heavy (non-hydrogen) atoms. The lowest BCUT2D eigenvalue weighted by molar-refractivity contribution is -0.143. The van der Waals surface area contributed by atoms with Gasteiger partial charge in [-0.1, -0.05) is 6.92 Å². The van der Waals surface area contributed by atoms with Crippen molar-refractivity contribution in [2.75, 3.05) is 5.32 Å². The maximum absolute atomic E-state index is 12.2. The molecule has 0 bridgehead atoms. The minimum Gasteiger partial charge on any atom is -0.378 e. The van der Waals surface area contributed by atoms with Gasteiger partial charge in [0.1, 0.15) is 11.0 Å². The third-order valence-electron chi connectivity index (χ3n) is 2.67. The van der Waals surface area contributed by atoms with Crippen LogP contribution in [0, 0.1) is 0 Å². The minimum atomic E-state index is -4.48. The van der Waals surface area contributed by atoms with Crippen LogP contribution in [0.5, 0.6) is 0 Å². The molecule has 0 saturated heterocycles. The third-order valence-corrected chi connectivity index (χ3v) is 3.44. The molecule has 0 fully saturated rings. The molecule has 8 heteroatoms. The number of nitrogens with zero attached hydrogens (tertiary/aromatic N) is 2. The number of halogens is 4. The number of aromatic nitrogens is 2. The lowest BCUT2D eigenvalue weighted by atomic mass is 10.0. The smallest absolute Gasteiger partial charge is 0.378 e. The molecule has 0 aromatic carbocycles. The molecule has 0 aliphatic carbocycles. The quantitative estimate of drug-likeness (QED) is 0.914. The zero-order chi connectivity index (χ0) is 14.8. The van der Waals surface area contributed by atoms with Crippen molar-refractivity contribution in [3.63, 3.8) is 0 Å². The number of alkyl halides is 3. The second-order valence-corrected chi connectivity index (χ2v) is 5.61. The first-order chi connectivity index (χ1) is 8.56. The summed E-state index contributed by atoms with van der Waals surface area (Å²) < 4.78 is 37.2. The molecule has 0 saturated carbocycles. The largest absolute Gasteiger partial charge is 0.408 e. The van der Waals surface area contributed by atoms with E-state index in [1.165, 1.54) is 6.20 Å². The van der Waals surface area contributed by atoms with E-state index in [4.69, 9.17) is 0 Å². The second kappa shape index (κ2) is 5.52. The molecule has 0 spiro atoms. The van der Waals surface area contributed by atoms with E-state index < -0.39 is 18.3 Å². The van der Waals surface area contributed by atoms with Crippen LogP contribution < -0.4 is 10.9 Å². The number of nitrogens with one attached hydrogen (secondary N) is 1. The van der Waals surface area contributed by atoms with E-state index in [1.807, 2.05) is 20.8 Å². The highest BCUT2D eigenvalue weighted by atomic mass is 79.9. The summed E-state index contributed by atoms with van der Waals surface area (Å²) in [6.45, 7) is 4.39. The Balaban J connectivity index is 3.09. The molecule has 1 aromatic heterocycles. The first-order valence-corrected chi connectivity index (χ1v) is 6.45. The maximum atomic E-state index is 12.2. The van der Waals surface area contributed by atoms with Crippen LogP contribution in [0.2, 0.25) is 0 Å². The molecule has 4 nitrogen and oxygen atoms in total. The lowest BCUT2D eigenvalue weighted by Crippen LogP contribution is -2.34. The van der Waals surface area contributed by atoms with Crippen LogP contribution in [0.1, 0.15) is 27.2 Å². The third kappa shape index (κ3) is 4.52. The van der Waals surface area contributed by atoms with Gasteiger partial charge in [0.05, 0.1) is 11.9 Å². The molecule has 1 heterocycles. The van der Waals surface area contributed by atoms with Gasteiger partial charge in [0, 0.05) is 5.54 Å². The van der Waals surface area contributed by atoms with E-state index >= 15 is 0 Å². The summed E-state index contributed by atoms with van der Waals surface area (Å²) in [6.07, 6.45) is -2.48. The van der Waals surface area contributed by atoms with E-state index in [0.717, 1.165) is 6.42 Å². The van der Waals surface area contributed by atoms with Crippen molar-refractivity contribution in [1.29, 1.82) is 0 Å². The Morgan fingerprint density at radius 1 is 1.42 bits per heavy atom. The van der Waals surface area contributed by atoms with Gasteiger partial charge < -0.3 is 5.32 Å². The predicted molar refractivity (Wildman–Crippen MR) is 70.2 cm³/mol. The lowest BCUT2D eigenvalue weighted by Gasteiger charge is -2.26. The van der Waals surface area contributed by atoms with Crippen LogP contribution in [0.25, 0.3) is 0 Å². The van der Waals surface area contributed by atoms with Crippen molar-refractivity contribution in [3.05, 3.63) is 21.0 Å². The van der Waals surface area contributed by atoms with Crippen LogP contribution >= 0.6 is 15.9 Å². The Labute approximate surface area is 117 Å². The molecule has 1 N–H and O–H groups in total. The van der Waals surface area contributed by atoms with Crippen molar-refractivity contribution in [1.82, 2.24) is 9.78 Å². The van der Waals surface area contributed by atoms with Crippen molar-refractivity contribution in [2.45, 2.75) is 45.5 Å². The maximum Gasteiger partial charge on any atom is 0.408 e. The molecule has 0 radical (unpaired) electrons. The summed E-state index contributed by atoms with van der Waals surface area (Å²) in [5, 5.41) is 6.60. The first kappa shape index (κ1) is 16.0. The summed E-state index contributed by atoms with van der Waals surface area (Å²) in [4.78, 5) is 11.8. The summed E-state index contributed by atoms with van der Waals surface area (Å²) in [5.41, 5.74) is -0.711. The SMILES string of the molecule is CCC(C)(C)Nc1cnn(CC(F)(F)F)c(=O)c1Br. The van der Waals surface area contributed by atoms with Gasteiger partial charge in [-0.3, -0.25) is 4.79 Å². The van der Waals surface area contributed by atoms with Crippen LogP contribution in [0.4, 0.5) is 18.9 Å². The predicted octanol–water partition coefficient (Wildman–Crippen LogP) is 3.17. The zero-order valence-corrected chi connectivity index (χ0v) is 12.4. The molecule has 0 unspecified atom stereocenters. The molecule has 108 valence electrons. The highest BCUT2D eigenvalue weighted by Crippen LogP contribution is 2.23. The second-order valence-electron chi connectivity index (χ2n) is 4.81. The highest BCUT2D eigenvalue weighted by Gasteiger charge is 2.30. The summed E-state index contributed by atoms with van der Waals surface area (Å²) in [5.74, 6) is 0. The normalized spacial score (nSPS) is 12.6. The van der Waals surface area contributed by atoms with E-state index in [9.17, 15) is 18.0 Å². The molecular formula is C11H15BrF3N3O. The van der Waals surface area contributed by atoms with Crippen LogP contribution in [-0.2, 0) is 6.54 Å². The zero-order valence-electron chi connectivity index (χ0n) is 10.8. The van der Waals surface area contributed by atoms with Crippen molar-refractivity contribution >= 4 is 21.6 Å². The number of hydrogen-bond donors (Lipinski definition) is 1. The standard InChI is InChI=1S/C11H15BrF3N3O/c1-4-10(2,3)17-7-5-16-18(6-11(13,14)15)9(19)8(7)12/h5,17H,4,6H2,1-3H3. The average Bonchev–Trinajstić information content (AvgIpc) is 2.27. The Morgan fingerprint density at radius 3 is 2.47 bits per heavy atom. The summed E-state index contributed by atoms with van der Waals surface area (Å²) in [6, 6.07) is 0. The van der Waals surface area contributed by atoms with E-state index in [-0.39, 0.29) is 10.0 Å². The Hall–Kier alpha value is -1.05. The van der Waals surface area contributed by atoms with Gasteiger partial charge in [0.15, 0.2) is 0 Å². The average molecular weight is 342 g/mol. The fourth-order valence-electron chi connectivity index (χ4n) is 1.29. The first-order valence-electron chi connectivity index (χ1n) is 5.66. The Morgan fingerprint density at radius 2 is 2.00 bits per heavy atom. The van der Waals surface area contributed by atoms with Crippen molar-refractivity contribution in [2.24, 2.45) is 0 Å². The number of hydrogen-bond acceptors (Lipinski definition) is 3. The Bertz CT molecular complexity index is 511. The van der Waals surface area contributed by atoms with Crippen LogP contribution in [-0.4, -0.2) is 21.5 Å². The van der Waals surface area contributed by atoms with Crippen LogP contribution in [0.3, 0.4) is 0 Å². The van der Waals surface area contributed by atoms with Gasteiger partial charge in [-0.25, -0.2) is 4.68 Å². The summed E-state index contributed by atoms with van der Waals surface area (Å²) in [7, 11) is 0. The molecule has 0 aliphatic rings. The number of rotatable bonds is 4. The topological polar surface area (TPSA) is 46.9 Å². The van der Waals surface area contributed by atoms with Crippen LogP contribution in [0.15, 0.2) is 15.5 Å². The van der Waals surface area contributed by atoms with E-state index in [0.29, 0.717) is 10.4 Å². The van der Waals surface area contributed by atoms with E-state index in [2.05, 4.69) is 26.3 Å². The molecule has 1 aromatic rings. The van der Waals surface area contributed by atoms with Crippen molar-refractivity contribution < 1.29 is 13.2 Å². The fourth-order valence-corrected chi connectivity index (χ4v) is 1.69. The Kier molecular flexibility index (Phi) is 4.65. The monoisotopic (exact) mass is 341 g/mol. The van der Waals surface area contributed by atoms with Gasteiger partial charge >= 0.3 is 6.18 Å².